The molecule has 1 spiro atoms. The molecule has 8 heteroatoms. The third-order valence-electron chi connectivity index (χ3n) is 6.72. The summed E-state index contributed by atoms with van der Waals surface area (Å²) in [6.45, 7) is 2.33. The molecule has 0 saturated carbocycles. The molecular weight excluding hydrogens is 391 g/mol. The van der Waals surface area contributed by atoms with E-state index in [1.807, 2.05) is 13.0 Å². The van der Waals surface area contributed by atoms with Crippen LogP contribution < -0.4 is 4.90 Å². The summed E-state index contributed by atoms with van der Waals surface area (Å²) >= 11 is 12.4. The van der Waals surface area contributed by atoms with Gasteiger partial charge in [-0.3, -0.25) is 9.69 Å². The smallest absolute Gasteiger partial charge is 0.235 e. The molecule has 1 N–H and O–H groups in total. The van der Waals surface area contributed by atoms with Gasteiger partial charge in [0.15, 0.2) is 0 Å². The second kappa shape index (κ2) is 5.59. The monoisotopic (exact) mass is 408 g/mol. The molecule has 4 fully saturated rings. The van der Waals surface area contributed by atoms with Gasteiger partial charge in [0.25, 0.3) is 0 Å². The zero-order valence-electron chi connectivity index (χ0n) is 14.6. The summed E-state index contributed by atoms with van der Waals surface area (Å²) in [5.41, 5.74) is -0.791. The number of aliphatic hydroxyl groups excluding tert-OH is 1. The number of fused-ring (bicyclic) bond motifs is 2. The van der Waals surface area contributed by atoms with Crippen molar-refractivity contribution in [3.63, 3.8) is 0 Å². The van der Waals surface area contributed by atoms with Crippen molar-refractivity contribution >= 4 is 34.8 Å². The maximum absolute atomic E-state index is 13.5. The minimum absolute atomic E-state index is 0.158. The number of hydrogen-bond acceptors (Lipinski definition) is 5. The summed E-state index contributed by atoms with van der Waals surface area (Å²) < 4.78 is 12.4. The fourth-order valence-corrected chi connectivity index (χ4v) is 6.19. The number of anilines is 1. The lowest BCUT2D eigenvalue weighted by Crippen LogP contribution is -2.49. The van der Waals surface area contributed by atoms with E-state index < -0.39 is 29.5 Å². The molecule has 27 heavy (non-hydrogen) atoms. The number of hydrogen-bond donors (Lipinski definition) is 1. The first-order valence-corrected chi connectivity index (χ1v) is 9.80. The maximum Gasteiger partial charge on any atom is 0.235 e. The van der Waals surface area contributed by atoms with E-state index in [1.165, 1.54) is 0 Å². The molecule has 4 aliphatic heterocycles. The van der Waals surface area contributed by atoms with E-state index in [-0.39, 0.29) is 27.4 Å². The molecule has 0 radical (unpaired) electrons. The highest BCUT2D eigenvalue weighted by molar-refractivity contribution is 6.37. The van der Waals surface area contributed by atoms with Gasteiger partial charge in [0.2, 0.25) is 5.91 Å². The zero-order valence-corrected chi connectivity index (χ0v) is 16.1. The Morgan fingerprint density at radius 3 is 2.74 bits per heavy atom. The van der Waals surface area contributed by atoms with Crippen LogP contribution in [-0.2, 0) is 14.3 Å². The van der Waals surface area contributed by atoms with Crippen molar-refractivity contribution < 1.29 is 19.4 Å². The number of carbonyl (C=O) groups is 1. The van der Waals surface area contributed by atoms with Gasteiger partial charge in [0.1, 0.15) is 17.9 Å². The molecule has 142 valence electrons. The number of aliphatic hydroxyl groups is 1. The summed E-state index contributed by atoms with van der Waals surface area (Å²) in [4.78, 5) is 15.1. The second-order valence-electron chi connectivity index (χ2n) is 8.04. The highest BCUT2D eigenvalue weighted by Gasteiger charge is 2.77. The van der Waals surface area contributed by atoms with Gasteiger partial charge >= 0.3 is 0 Å². The van der Waals surface area contributed by atoms with Crippen molar-refractivity contribution in [3.8, 4) is 6.07 Å². The number of carbonyl (C=O) groups excluding carboxylic acids is 1. The fraction of sp³-hybridized carbons (Fsp3) is 0.579. The van der Waals surface area contributed by atoms with Crippen molar-refractivity contribution in [3.05, 3.63) is 27.7 Å². The number of ether oxygens (including phenoxy) is 2. The van der Waals surface area contributed by atoms with E-state index in [1.54, 1.807) is 17.0 Å². The molecule has 4 saturated heterocycles. The minimum atomic E-state index is -0.921. The lowest BCUT2D eigenvalue weighted by Gasteiger charge is -2.35. The molecule has 1 amide bonds. The van der Waals surface area contributed by atoms with E-state index in [4.69, 9.17) is 32.7 Å². The van der Waals surface area contributed by atoms with Gasteiger partial charge in [0, 0.05) is 24.6 Å². The second-order valence-corrected chi connectivity index (χ2v) is 8.86. The minimum Gasteiger partial charge on any atom is -0.390 e. The predicted molar refractivity (Wildman–Crippen MR) is 97.5 cm³/mol. The van der Waals surface area contributed by atoms with Gasteiger partial charge in [0.05, 0.1) is 33.2 Å². The van der Waals surface area contributed by atoms with Crippen molar-refractivity contribution in [1.82, 2.24) is 0 Å². The van der Waals surface area contributed by atoms with Gasteiger partial charge < -0.3 is 14.6 Å². The Morgan fingerprint density at radius 2 is 2.07 bits per heavy atom. The molecular formula is C19H18Cl2N2O4. The highest BCUT2D eigenvalue weighted by atomic mass is 35.5. The van der Waals surface area contributed by atoms with Crippen molar-refractivity contribution in [2.45, 2.75) is 49.7 Å². The largest absolute Gasteiger partial charge is 0.390 e. The van der Waals surface area contributed by atoms with Crippen LogP contribution in [-0.4, -0.2) is 41.2 Å². The molecule has 1 unspecified atom stereocenters. The normalized spacial score (nSPS) is 42.2. The summed E-state index contributed by atoms with van der Waals surface area (Å²) in [6, 6.07) is 5.12. The summed E-state index contributed by atoms with van der Waals surface area (Å²) in [5, 5.41) is 20.2. The first kappa shape index (κ1) is 17.7. The molecule has 5 rings (SSSR count). The topological polar surface area (TPSA) is 82.8 Å². The van der Waals surface area contributed by atoms with E-state index in [0.717, 1.165) is 12.8 Å². The zero-order chi connectivity index (χ0) is 19.1. The predicted octanol–water partition coefficient (Wildman–Crippen LogP) is 2.87. The number of rotatable bonds is 1. The first-order valence-electron chi connectivity index (χ1n) is 9.04. The third kappa shape index (κ3) is 2.10. The molecule has 0 aliphatic carbocycles. The van der Waals surface area contributed by atoms with Crippen LogP contribution in [0.3, 0.4) is 0 Å². The van der Waals surface area contributed by atoms with E-state index in [0.29, 0.717) is 18.7 Å². The molecule has 4 heterocycles. The Balaban J connectivity index is 1.65. The molecule has 1 aromatic carbocycles. The van der Waals surface area contributed by atoms with Crippen LogP contribution in [0.5, 0.6) is 0 Å². The van der Waals surface area contributed by atoms with Crippen LogP contribution >= 0.6 is 23.2 Å². The number of benzene rings is 1. The molecule has 0 aromatic heterocycles. The van der Waals surface area contributed by atoms with Gasteiger partial charge in [-0.1, -0.05) is 23.2 Å². The van der Waals surface area contributed by atoms with Crippen LogP contribution in [0.2, 0.25) is 10.0 Å². The van der Waals surface area contributed by atoms with Crippen LogP contribution in [0.4, 0.5) is 5.69 Å². The van der Waals surface area contributed by atoms with Crippen molar-refractivity contribution in [2.24, 2.45) is 11.8 Å². The lowest BCUT2D eigenvalue weighted by molar-refractivity contribution is -0.132. The molecule has 1 aromatic rings. The Kier molecular flexibility index (Phi) is 3.67. The number of nitriles is 1. The first-order chi connectivity index (χ1) is 12.8. The van der Waals surface area contributed by atoms with Gasteiger partial charge in [-0.2, -0.15) is 5.26 Å². The summed E-state index contributed by atoms with van der Waals surface area (Å²) in [6.07, 6.45) is 0.890. The molecule has 6 nitrogen and oxygen atoms in total. The van der Waals surface area contributed by atoms with Crippen LogP contribution in [0, 0.1) is 23.2 Å². The van der Waals surface area contributed by atoms with Crippen LogP contribution in [0.15, 0.2) is 12.1 Å². The van der Waals surface area contributed by atoms with Gasteiger partial charge in [-0.25, -0.2) is 0 Å². The Hall–Kier alpha value is -1.36. The summed E-state index contributed by atoms with van der Waals surface area (Å²) in [5.74, 6) is -0.807. The molecule has 4 aliphatic rings. The SMILES string of the molecule is C[C@@]12O[C@]3(CCCO[C@@H]4C3[C@H]1C(=O)N4c1cc(Cl)c(C#N)c(Cl)c1)C[C@@H]2O. The molecule has 6 atom stereocenters. The van der Waals surface area contributed by atoms with Crippen LogP contribution in [0.1, 0.15) is 31.7 Å². The standard InChI is InChI=1S/C19H18Cl2N2O4/c1-18-13(24)7-19(27-18)3-2-4-26-17-15(19)14(18)16(25)23(17)9-5-11(20)10(8-22)12(21)6-9/h5-6,13-15,17,24H,2-4,7H2,1H3/t13-,14-,15?,17+,18-,19+/m0/s1. The highest BCUT2D eigenvalue weighted by Crippen LogP contribution is 2.64. The van der Waals surface area contributed by atoms with Crippen LogP contribution in [0.25, 0.3) is 0 Å². The molecule has 2 bridgehead atoms. The van der Waals surface area contributed by atoms with E-state index in [9.17, 15) is 15.2 Å². The third-order valence-corrected chi connectivity index (χ3v) is 7.32. The lowest BCUT2D eigenvalue weighted by atomic mass is 9.65. The number of nitrogens with zero attached hydrogens (tertiary/aromatic N) is 2. The number of halogens is 2. The average molecular weight is 409 g/mol. The summed E-state index contributed by atoms with van der Waals surface area (Å²) in [7, 11) is 0. The Bertz CT molecular complexity index is 879. The van der Waals surface area contributed by atoms with Gasteiger partial charge in [-0.15, -0.1) is 0 Å². The van der Waals surface area contributed by atoms with E-state index >= 15 is 0 Å². The quantitative estimate of drug-likeness (QED) is 0.772. The maximum atomic E-state index is 13.5. The van der Waals surface area contributed by atoms with E-state index in [2.05, 4.69) is 0 Å². The average Bonchev–Trinajstić information content (AvgIpc) is 3.08. The van der Waals surface area contributed by atoms with Gasteiger partial charge in [-0.05, 0) is 31.9 Å². The Labute approximate surface area is 166 Å². The van der Waals surface area contributed by atoms with Crippen molar-refractivity contribution in [2.75, 3.05) is 11.5 Å². The number of amides is 1. The van der Waals surface area contributed by atoms with Crippen molar-refractivity contribution in [1.29, 1.82) is 5.26 Å². The fourth-order valence-electron chi connectivity index (χ4n) is 5.63. The Morgan fingerprint density at radius 1 is 1.37 bits per heavy atom.